The van der Waals surface area contributed by atoms with Gasteiger partial charge in [-0.3, -0.25) is 9.59 Å². The normalized spacial score (nSPS) is 14.8. The number of anilines is 2. The van der Waals surface area contributed by atoms with Crippen molar-refractivity contribution in [2.75, 3.05) is 17.2 Å². The molecule has 2 amide bonds. The fourth-order valence-corrected chi connectivity index (χ4v) is 2.08. The van der Waals surface area contributed by atoms with Crippen molar-refractivity contribution < 1.29 is 14.3 Å². The van der Waals surface area contributed by atoms with Gasteiger partial charge in [0.25, 0.3) is 5.91 Å². The van der Waals surface area contributed by atoms with Crippen molar-refractivity contribution >= 4 is 23.2 Å². The molecule has 1 aromatic rings. The molecule has 0 aliphatic carbocycles. The van der Waals surface area contributed by atoms with Crippen LogP contribution in [0, 0.1) is 0 Å². The van der Waals surface area contributed by atoms with Crippen molar-refractivity contribution in [1.82, 2.24) is 0 Å². The highest BCUT2D eigenvalue weighted by molar-refractivity contribution is 5.97. The Kier molecular flexibility index (Phi) is 4.57. The molecule has 2 rings (SSSR count). The molecule has 0 spiro atoms. The standard InChI is InChI=1S/C14H19N3O3/c1-2-3-9(15)6-13(18)16-10-4-5-12-11(7-10)17-14(19)8-20-12/h4-5,7,9H,2-3,6,8,15H2,1H3,(H,16,18)(H,17,19). The van der Waals surface area contributed by atoms with E-state index in [1.54, 1.807) is 18.2 Å². The summed E-state index contributed by atoms with van der Waals surface area (Å²) in [6.07, 6.45) is 2.06. The SMILES string of the molecule is CCCC(N)CC(=O)Nc1ccc2c(c1)NC(=O)CO2. The Bertz CT molecular complexity index is 516. The molecular weight excluding hydrogens is 258 g/mol. The molecule has 0 saturated heterocycles. The number of hydrogen-bond donors (Lipinski definition) is 3. The number of carbonyl (C=O) groups excluding carboxylic acids is 2. The zero-order valence-corrected chi connectivity index (χ0v) is 11.4. The van der Waals surface area contributed by atoms with Gasteiger partial charge in [0.1, 0.15) is 5.75 Å². The number of ether oxygens (including phenoxy) is 1. The summed E-state index contributed by atoms with van der Waals surface area (Å²) in [5, 5.41) is 5.47. The average Bonchev–Trinajstić information content (AvgIpc) is 2.38. The second kappa shape index (κ2) is 6.38. The van der Waals surface area contributed by atoms with Gasteiger partial charge < -0.3 is 21.1 Å². The van der Waals surface area contributed by atoms with E-state index < -0.39 is 0 Å². The van der Waals surface area contributed by atoms with E-state index in [1.807, 2.05) is 6.92 Å². The number of benzene rings is 1. The quantitative estimate of drug-likeness (QED) is 0.759. The highest BCUT2D eigenvalue weighted by atomic mass is 16.5. The Labute approximate surface area is 117 Å². The molecule has 1 atom stereocenters. The van der Waals surface area contributed by atoms with Gasteiger partial charge in [-0.15, -0.1) is 0 Å². The van der Waals surface area contributed by atoms with Crippen LogP contribution in [0.15, 0.2) is 18.2 Å². The first kappa shape index (κ1) is 14.3. The summed E-state index contributed by atoms with van der Waals surface area (Å²) in [4.78, 5) is 23.1. The van der Waals surface area contributed by atoms with Crippen LogP contribution in [-0.4, -0.2) is 24.5 Å². The minimum atomic E-state index is -0.203. The summed E-state index contributed by atoms with van der Waals surface area (Å²) < 4.78 is 5.25. The summed E-state index contributed by atoms with van der Waals surface area (Å²) in [6.45, 7) is 2.05. The van der Waals surface area contributed by atoms with Gasteiger partial charge in [-0.05, 0) is 24.6 Å². The number of hydrogen-bond acceptors (Lipinski definition) is 4. The van der Waals surface area contributed by atoms with E-state index in [2.05, 4.69) is 10.6 Å². The minimum absolute atomic E-state index is 0.0184. The molecule has 1 unspecified atom stereocenters. The summed E-state index contributed by atoms with van der Waals surface area (Å²) in [5.41, 5.74) is 7.01. The molecule has 4 N–H and O–H groups in total. The second-order valence-corrected chi connectivity index (χ2v) is 4.85. The number of nitrogens with one attached hydrogen (secondary N) is 2. The Morgan fingerprint density at radius 3 is 3.10 bits per heavy atom. The molecule has 108 valence electrons. The van der Waals surface area contributed by atoms with Gasteiger partial charge in [0.05, 0.1) is 5.69 Å². The van der Waals surface area contributed by atoms with E-state index in [1.165, 1.54) is 0 Å². The van der Waals surface area contributed by atoms with Crippen molar-refractivity contribution in [2.45, 2.75) is 32.2 Å². The lowest BCUT2D eigenvalue weighted by Crippen LogP contribution is -2.27. The Morgan fingerprint density at radius 1 is 1.55 bits per heavy atom. The van der Waals surface area contributed by atoms with E-state index in [9.17, 15) is 9.59 Å². The summed E-state index contributed by atoms with van der Waals surface area (Å²) in [5.74, 6) is 0.269. The van der Waals surface area contributed by atoms with E-state index in [4.69, 9.17) is 10.5 Å². The Morgan fingerprint density at radius 2 is 2.35 bits per heavy atom. The average molecular weight is 277 g/mol. The lowest BCUT2D eigenvalue weighted by Gasteiger charge is -2.19. The predicted molar refractivity (Wildman–Crippen MR) is 76.7 cm³/mol. The molecule has 0 radical (unpaired) electrons. The zero-order chi connectivity index (χ0) is 14.5. The molecule has 0 bridgehead atoms. The summed E-state index contributed by atoms with van der Waals surface area (Å²) in [6, 6.07) is 5.01. The zero-order valence-electron chi connectivity index (χ0n) is 11.4. The first-order valence-corrected chi connectivity index (χ1v) is 6.70. The monoisotopic (exact) mass is 277 g/mol. The van der Waals surface area contributed by atoms with Crippen molar-refractivity contribution in [3.05, 3.63) is 18.2 Å². The highest BCUT2D eigenvalue weighted by Gasteiger charge is 2.16. The van der Waals surface area contributed by atoms with Crippen molar-refractivity contribution in [1.29, 1.82) is 0 Å². The fraction of sp³-hybridized carbons (Fsp3) is 0.429. The molecule has 1 aliphatic heterocycles. The number of nitrogens with two attached hydrogens (primary N) is 1. The fourth-order valence-electron chi connectivity index (χ4n) is 2.08. The number of fused-ring (bicyclic) bond motifs is 1. The van der Waals surface area contributed by atoms with Crippen molar-refractivity contribution in [2.24, 2.45) is 5.73 Å². The highest BCUT2D eigenvalue weighted by Crippen LogP contribution is 2.30. The number of rotatable bonds is 5. The molecule has 1 aliphatic rings. The van der Waals surface area contributed by atoms with E-state index >= 15 is 0 Å². The lowest BCUT2D eigenvalue weighted by atomic mass is 10.1. The molecule has 20 heavy (non-hydrogen) atoms. The van der Waals surface area contributed by atoms with Crippen LogP contribution in [0.25, 0.3) is 0 Å². The maximum Gasteiger partial charge on any atom is 0.262 e. The smallest absolute Gasteiger partial charge is 0.262 e. The molecular formula is C14H19N3O3. The molecule has 6 nitrogen and oxygen atoms in total. The topological polar surface area (TPSA) is 93.5 Å². The van der Waals surface area contributed by atoms with Crippen molar-refractivity contribution in [3.8, 4) is 5.75 Å². The van der Waals surface area contributed by atoms with Crippen molar-refractivity contribution in [3.63, 3.8) is 0 Å². The summed E-state index contributed by atoms with van der Waals surface area (Å²) in [7, 11) is 0. The van der Waals surface area contributed by atoms with Gasteiger partial charge in [-0.25, -0.2) is 0 Å². The molecule has 0 fully saturated rings. The maximum atomic E-state index is 11.8. The first-order chi connectivity index (χ1) is 9.58. The summed E-state index contributed by atoms with van der Waals surface area (Å²) >= 11 is 0. The van der Waals surface area contributed by atoms with Gasteiger partial charge in [0, 0.05) is 18.2 Å². The van der Waals surface area contributed by atoms with E-state index in [-0.39, 0.29) is 30.9 Å². The molecule has 1 heterocycles. The van der Waals surface area contributed by atoms with Gasteiger partial charge in [-0.1, -0.05) is 13.3 Å². The number of amides is 2. The Balaban J connectivity index is 1.98. The van der Waals surface area contributed by atoms with Crippen LogP contribution < -0.4 is 21.1 Å². The van der Waals surface area contributed by atoms with Crippen LogP contribution in [0.3, 0.4) is 0 Å². The van der Waals surface area contributed by atoms with Crippen LogP contribution in [0.1, 0.15) is 26.2 Å². The largest absolute Gasteiger partial charge is 0.482 e. The third-order valence-corrected chi connectivity index (χ3v) is 3.00. The lowest BCUT2D eigenvalue weighted by molar-refractivity contribution is -0.118. The predicted octanol–water partition coefficient (Wildman–Crippen LogP) is 1.47. The van der Waals surface area contributed by atoms with Crippen LogP contribution >= 0.6 is 0 Å². The van der Waals surface area contributed by atoms with Crippen LogP contribution in [-0.2, 0) is 9.59 Å². The first-order valence-electron chi connectivity index (χ1n) is 6.70. The van der Waals surface area contributed by atoms with Crippen LogP contribution in [0.4, 0.5) is 11.4 Å². The van der Waals surface area contributed by atoms with E-state index in [0.29, 0.717) is 17.1 Å². The molecule has 0 saturated carbocycles. The van der Waals surface area contributed by atoms with Gasteiger partial charge in [0.2, 0.25) is 5.91 Å². The number of carbonyl (C=O) groups is 2. The molecule has 6 heteroatoms. The second-order valence-electron chi connectivity index (χ2n) is 4.85. The molecule has 1 aromatic carbocycles. The van der Waals surface area contributed by atoms with Gasteiger partial charge in [0.15, 0.2) is 6.61 Å². The van der Waals surface area contributed by atoms with Crippen LogP contribution in [0.2, 0.25) is 0 Å². The van der Waals surface area contributed by atoms with Gasteiger partial charge in [-0.2, -0.15) is 0 Å². The Hall–Kier alpha value is -2.08. The van der Waals surface area contributed by atoms with Crippen LogP contribution in [0.5, 0.6) is 5.75 Å². The third kappa shape index (κ3) is 3.71. The minimum Gasteiger partial charge on any atom is -0.482 e. The third-order valence-electron chi connectivity index (χ3n) is 3.00. The molecule has 0 aromatic heterocycles. The maximum absolute atomic E-state index is 11.8. The van der Waals surface area contributed by atoms with E-state index in [0.717, 1.165) is 12.8 Å². The van der Waals surface area contributed by atoms with Gasteiger partial charge >= 0.3 is 0 Å².